The molecule has 1 aliphatic heterocycles. The Morgan fingerprint density at radius 1 is 1.26 bits per heavy atom. The van der Waals surface area contributed by atoms with Crippen LogP contribution in [0, 0.1) is 11.3 Å². The van der Waals surface area contributed by atoms with Crippen molar-refractivity contribution in [3.8, 4) is 0 Å². The third kappa shape index (κ3) is 5.96. The Morgan fingerprint density at radius 2 is 2.04 bits per heavy atom. The summed E-state index contributed by atoms with van der Waals surface area (Å²) in [5.41, 5.74) is 0.401. The van der Waals surface area contributed by atoms with Crippen LogP contribution in [0.15, 0.2) is 4.99 Å². The summed E-state index contributed by atoms with van der Waals surface area (Å²) in [6.45, 7) is 5.34. The van der Waals surface area contributed by atoms with Gasteiger partial charge in [0, 0.05) is 40.4 Å². The summed E-state index contributed by atoms with van der Waals surface area (Å²) in [5, 5.41) is 7.12. The van der Waals surface area contributed by atoms with Crippen molar-refractivity contribution in [1.82, 2.24) is 15.5 Å². The molecule has 0 spiro atoms. The van der Waals surface area contributed by atoms with Crippen LogP contribution in [0.5, 0.6) is 0 Å². The Labute approximate surface area is 142 Å². The van der Waals surface area contributed by atoms with Gasteiger partial charge in [-0.25, -0.2) is 0 Å². The first-order valence-corrected chi connectivity index (χ1v) is 9.29. The monoisotopic (exact) mass is 324 g/mol. The van der Waals surface area contributed by atoms with Crippen LogP contribution >= 0.6 is 0 Å². The van der Waals surface area contributed by atoms with Crippen LogP contribution in [0.4, 0.5) is 0 Å². The maximum absolute atomic E-state index is 5.32. The van der Waals surface area contributed by atoms with E-state index in [2.05, 4.69) is 27.6 Å². The number of rotatable bonds is 7. The minimum atomic E-state index is 0.401. The van der Waals surface area contributed by atoms with Crippen molar-refractivity contribution in [1.29, 1.82) is 0 Å². The quantitative estimate of drug-likeness (QED) is 0.556. The van der Waals surface area contributed by atoms with Gasteiger partial charge in [0.2, 0.25) is 0 Å². The van der Waals surface area contributed by atoms with E-state index in [9.17, 15) is 0 Å². The summed E-state index contributed by atoms with van der Waals surface area (Å²) in [7, 11) is 5.90. The summed E-state index contributed by atoms with van der Waals surface area (Å²) in [5.74, 6) is 1.70. The number of hydrogen-bond acceptors (Lipinski definition) is 3. The fourth-order valence-electron chi connectivity index (χ4n) is 4.13. The largest absolute Gasteiger partial charge is 0.385 e. The van der Waals surface area contributed by atoms with E-state index in [-0.39, 0.29) is 0 Å². The molecule has 0 bridgehead atoms. The second kappa shape index (κ2) is 9.48. The highest BCUT2D eigenvalue weighted by Crippen LogP contribution is 2.40. The van der Waals surface area contributed by atoms with Gasteiger partial charge in [0.25, 0.3) is 0 Å². The summed E-state index contributed by atoms with van der Waals surface area (Å²) >= 11 is 0. The van der Waals surface area contributed by atoms with E-state index in [1.165, 1.54) is 51.6 Å². The number of nitrogens with zero attached hydrogens (tertiary/aromatic N) is 2. The van der Waals surface area contributed by atoms with Crippen LogP contribution in [-0.4, -0.2) is 64.9 Å². The number of guanidine groups is 1. The highest BCUT2D eigenvalue weighted by molar-refractivity contribution is 5.79. The fraction of sp³-hybridized carbons (Fsp3) is 0.944. The number of aliphatic imine (C=N–C) groups is 1. The maximum Gasteiger partial charge on any atom is 0.191 e. The molecule has 1 atom stereocenters. The lowest BCUT2D eigenvalue weighted by Gasteiger charge is -2.32. The van der Waals surface area contributed by atoms with Crippen molar-refractivity contribution in [2.75, 3.05) is 54.0 Å². The zero-order chi connectivity index (χ0) is 16.5. The Hall–Kier alpha value is -0.810. The third-order valence-electron chi connectivity index (χ3n) is 5.64. The molecule has 1 saturated heterocycles. The Balaban J connectivity index is 1.75. The van der Waals surface area contributed by atoms with E-state index in [0.717, 1.165) is 38.0 Å². The third-order valence-corrected chi connectivity index (χ3v) is 5.64. The average molecular weight is 325 g/mol. The highest BCUT2D eigenvalue weighted by atomic mass is 16.5. The van der Waals surface area contributed by atoms with Gasteiger partial charge >= 0.3 is 0 Å². The molecule has 5 heteroatoms. The van der Waals surface area contributed by atoms with Gasteiger partial charge in [0.15, 0.2) is 5.96 Å². The molecule has 1 saturated carbocycles. The van der Waals surface area contributed by atoms with Gasteiger partial charge in [-0.15, -0.1) is 0 Å². The summed E-state index contributed by atoms with van der Waals surface area (Å²) in [6, 6.07) is 0. The van der Waals surface area contributed by atoms with E-state index in [1.54, 1.807) is 7.11 Å². The predicted molar refractivity (Wildman–Crippen MR) is 97.0 cm³/mol. The SMILES string of the molecule is CN=C(NCC1CCCN(C)C1)NCC1(CCOC)CCCC1. The smallest absolute Gasteiger partial charge is 0.191 e. The molecule has 2 N–H and O–H groups in total. The van der Waals surface area contributed by atoms with Crippen LogP contribution in [0.25, 0.3) is 0 Å². The highest BCUT2D eigenvalue weighted by Gasteiger charge is 2.33. The first kappa shape index (κ1) is 18.5. The van der Waals surface area contributed by atoms with E-state index in [1.807, 2.05) is 7.05 Å². The topological polar surface area (TPSA) is 48.9 Å². The standard InChI is InChI=1S/C18H36N4O/c1-19-17(20-13-16-7-6-11-22(2)14-16)21-15-18(10-12-23-3)8-4-5-9-18/h16H,4-15H2,1-3H3,(H2,19,20,21). The van der Waals surface area contributed by atoms with Gasteiger partial charge < -0.3 is 20.3 Å². The molecule has 0 aromatic rings. The van der Waals surface area contributed by atoms with Crippen LogP contribution in [0.1, 0.15) is 44.9 Å². The Bertz CT molecular complexity index is 366. The van der Waals surface area contributed by atoms with E-state index < -0.39 is 0 Å². The number of nitrogens with one attached hydrogen (secondary N) is 2. The van der Waals surface area contributed by atoms with Crippen molar-refractivity contribution >= 4 is 5.96 Å². The molecule has 2 rings (SSSR count). The van der Waals surface area contributed by atoms with E-state index >= 15 is 0 Å². The van der Waals surface area contributed by atoms with Gasteiger partial charge in [-0.2, -0.15) is 0 Å². The van der Waals surface area contributed by atoms with Crippen molar-refractivity contribution < 1.29 is 4.74 Å². The van der Waals surface area contributed by atoms with E-state index in [4.69, 9.17) is 4.74 Å². The van der Waals surface area contributed by atoms with Gasteiger partial charge in [-0.1, -0.05) is 12.8 Å². The average Bonchev–Trinajstić information content (AvgIpc) is 3.02. The normalized spacial score (nSPS) is 25.5. The lowest BCUT2D eigenvalue weighted by Crippen LogP contribution is -2.46. The molecule has 2 aliphatic rings. The van der Waals surface area contributed by atoms with Gasteiger partial charge in [0.1, 0.15) is 0 Å². The molecule has 0 amide bonds. The first-order valence-electron chi connectivity index (χ1n) is 9.29. The predicted octanol–water partition coefficient (Wildman–Crippen LogP) is 2.09. The van der Waals surface area contributed by atoms with Crippen molar-refractivity contribution in [3.63, 3.8) is 0 Å². The van der Waals surface area contributed by atoms with Crippen molar-refractivity contribution in [3.05, 3.63) is 0 Å². The zero-order valence-electron chi connectivity index (χ0n) is 15.4. The lowest BCUT2D eigenvalue weighted by atomic mass is 9.83. The van der Waals surface area contributed by atoms with Crippen molar-refractivity contribution in [2.24, 2.45) is 16.3 Å². The molecular formula is C18H36N4O. The summed E-state index contributed by atoms with van der Waals surface area (Å²) in [4.78, 5) is 6.85. The molecule has 0 radical (unpaired) electrons. The molecule has 23 heavy (non-hydrogen) atoms. The van der Waals surface area contributed by atoms with Crippen LogP contribution in [0.3, 0.4) is 0 Å². The second-order valence-corrected chi connectivity index (χ2v) is 7.53. The number of hydrogen-bond donors (Lipinski definition) is 2. The van der Waals surface area contributed by atoms with Gasteiger partial charge in [-0.3, -0.25) is 4.99 Å². The Kier molecular flexibility index (Phi) is 7.63. The molecule has 1 unspecified atom stereocenters. The lowest BCUT2D eigenvalue weighted by molar-refractivity contribution is 0.138. The molecule has 0 aromatic carbocycles. The number of piperidine rings is 1. The van der Waals surface area contributed by atoms with E-state index in [0.29, 0.717) is 5.41 Å². The molecule has 2 fully saturated rings. The van der Waals surface area contributed by atoms with Gasteiger partial charge in [-0.05, 0) is 57.0 Å². The van der Waals surface area contributed by atoms with Crippen LogP contribution < -0.4 is 10.6 Å². The molecule has 1 heterocycles. The second-order valence-electron chi connectivity index (χ2n) is 7.53. The minimum Gasteiger partial charge on any atom is -0.385 e. The van der Waals surface area contributed by atoms with Crippen LogP contribution in [-0.2, 0) is 4.74 Å². The molecular weight excluding hydrogens is 288 g/mol. The maximum atomic E-state index is 5.32. The molecule has 0 aromatic heterocycles. The summed E-state index contributed by atoms with van der Waals surface area (Å²) in [6.07, 6.45) is 9.13. The molecule has 1 aliphatic carbocycles. The summed E-state index contributed by atoms with van der Waals surface area (Å²) < 4.78 is 5.32. The number of ether oxygens (including phenoxy) is 1. The number of likely N-dealkylation sites (tertiary alicyclic amines) is 1. The van der Waals surface area contributed by atoms with Crippen LogP contribution in [0.2, 0.25) is 0 Å². The van der Waals surface area contributed by atoms with Gasteiger partial charge in [0.05, 0.1) is 0 Å². The minimum absolute atomic E-state index is 0.401. The molecule has 134 valence electrons. The zero-order valence-corrected chi connectivity index (χ0v) is 15.4. The number of methoxy groups -OCH3 is 1. The van der Waals surface area contributed by atoms with Crippen molar-refractivity contribution in [2.45, 2.75) is 44.9 Å². The first-order chi connectivity index (χ1) is 11.2. The molecule has 5 nitrogen and oxygen atoms in total. The Morgan fingerprint density at radius 3 is 2.70 bits per heavy atom. The fourth-order valence-corrected chi connectivity index (χ4v) is 4.13.